The first-order valence-corrected chi connectivity index (χ1v) is 7.95. The Labute approximate surface area is 122 Å². The molecule has 0 aliphatic carbocycles. The number of nitrogens with one attached hydrogen (secondary N) is 2. The van der Waals surface area contributed by atoms with Gasteiger partial charge in [0.15, 0.2) is 0 Å². The van der Waals surface area contributed by atoms with Gasteiger partial charge in [0.25, 0.3) is 0 Å². The second-order valence-electron chi connectivity index (χ2n) is 4.85. The van der Waals surface area contributed by atoms with Crippen molar-refractivity contribution in [2.45, 2.75) is 45.6 Å². The van der Waals surface area contributed by atoms with E-state index in [0.29, 0.717) is 18.4 Å². The van der Waals surface area contributed by atoms with Gasteiger partial charge in [-0.05, 0) is 56.7 Å². The van der Waals surface area contributed by atoms with E-state index in [0.717, 1.165) is 37.4 Å². The number of carbonyl (C=O) groups is 1. The van der Waals surface area contributed by atoms with Gasteiger partial charge in [0, 0.05) is 12.5 Å². The Hall–Kier alpha value is 0.0700. The summed E-state index contributed by atoms with van der Waals surface area (Å²) < 4.78 is 0. The maximum atomic E-state index is 11.7. The molecule has 0 aromatic rings. The molecule has 2 N–H and O–H groups in total. The molecule has 1 heterocycles. The van der Waals surface area contributed by atoms with Crippen LogP contribution in [-0.2, 0) is 4.79 Å². The van der Waals surface area contributed by atoms with Gasteiger partial charge in [0.2, 0.25) is 5.91 Å². The lowest BCUT2D eigenvalue weighted by atomic mass is 10.0. The smallest absolute Gasteiger partial charge is 0.220 e. The molecule has 0 bridgehead atoms. The maximum absolute atomic E-state index is 11.7. The van der Waals surface area contributed by atoms with Crippen molar-refractivity contribution in [2.75, 3.05) is 24.6 Å². The molecule has 5 heteroatoms. The normalized spacial score (nSPS) is 20.2. The fourth-order valence-electron chi connectivity index (χ4n) is 2.12. The molecule has 2 unspecified atom stereocenters. The van der Waals surface area contributed by atoms with Gasteiger partial charge >= 0.3 is 0 Å². The number of amides is 1. The summed E-state index contributed by atoms with van der Waals surface area (Å²) in [4.78, 5) is 11.7. The lowest BCUT2D eigenvalue weighted by Crippen LogP contribution is -2.33. The third-order valence-corrected chi connectivity index (χ3v) is 4.18. The minimum absolute atomic E-state index is 0. The minimum Gasteiger partial charge on any atom is -0.354 e. The van der Waals surface area contributed by atoms with Gasteiger partial charge in [-0.25, -0.2) is 0 Å². The van der Waals surface area contributed by atoms with E-state index >= 15 is 0 Å². The van der Waals surface area contributed by atoms with Crippen LogP contribution in [0.3, 0.4) is 0 Å². The van der Waals surface area contributed by atoms with Crippen molar-refractivity contribution >= 4 is 30.1 Å². The molecule has 0 saturated carbocycles. The summed E-state index contributed by atoms with van der Waals surface area (Å²) in [7, 11) is 0. The first kappa shape index (κ1) is 18.1. The van der Waals surface area contributed by atoms with Crippen molar-refractivity contribution in [1.82, 2.24) is 10.6 Å². The standard InChI is InChI=1S/C13H26N2OS.ClH/c1-3-17-9-7-11(2)15-13(16)5-4-12-6-8-14-10-12;/h11-12,14H,3-10H2,1-2H3,(H,15,16);1H. The second-order valence-corrected chi connectivity index (χ2v) is 6.25. The van der Waals surface area contributed by atoms with Gasteiger partial charge in [-0.1, -0.05) is 6.92 Å². The molecule has 0 spiro atoms. The van der Waals surface area contributed by atoms with E-state index < -0.39 is 0 Å². The van der Waals surface area contributed by atoms with Crippen LogP contribution in [-0.4, -0.2) is 36.5 Å². The summed E-state index contributed by atoms with van der Waals surface area (Å²) in [6.45, 7) is 6.49. The first-order valence-electron chi connectivity index (χ1n) is 6.80. The van der Waals surface area contributed by atoms with Crippen molar-refractivity contribution in [2.24, 2.45) is 5.92 Å². The molecule has 0 aromatic carbocycles. The van der Waals surface area contributed by atoms with E-state index in [9.17, 15) is 4.79 Å². The van der Waals surface area contributed by atoms with E-state index in [1.54, 1.807) is 0 Å². The highest BCUT2D eigenvalue weighted by atomic mass is 35.5. The van der Waals surface area contributed by atoms with E-state index in [-0.39, 0.29) is 18.3 Å². The molecule has 1 amide bonds. The molecule has 1 fully saturated rings. The topological polar surface area (TPSA) is 41.1 Å². The van der Waals surface area contributed by atoms with Gasteiger partial charge < -0.3 is 10.6 Å². The Morgan fingerprint density at radius 3 is 2.94 bits per heavy atom. The molecule has 18 heavy (non-hydrogen) atoms. The SMILES string of the molecule is CCSCCC(C)NC(=O)CCC1CCNC1.Cl. The molecular formula is C13H27ClN2OS. The minimum atomic E-state index is 0. The molecule has 0 aromatic heterocycles. The van der Waals surface area contributed by atoms with E-state index in [2.05, 4.69) is 24.5 Å². The second kappa shape index (κ2) is 10.9. The fourth-order valence-corrected chi connectivity index (χ4v) is 2.93. The number of hydrogen-bond acceptors (Lipinski definition) is 3. The van der Waals surface area contributed by atoms with Crippen LogP contribution in [0.25, 0.3) is 0 Å². The van der Waals surface area contributed by atoms with Gasteiger partial charge in [-0.15, -0.1) is 12.4 Å². The average molecular weight is 295 g/mol. The van der Waals surface area contributed by atoms with Crippen LogP contribution >= 0.6 is 24.2 Å². The fraction of sp³-hybridized carbons (Fsp3) is 0.923. The summed E-state index contributed by atoms with van der Waals surface area (Å²) in [5.41, 5.74) is 0. The third kappa shape index (κ3) is 8.22. The molecule has 0 radical (unpaired) electrons. The molecule has 1 aliphatic rings. The molecule has 1 saturated heterocycles. The highest BCUT2D eigenvalue weighted by Crippen LogP contribution is 2.14. The Morgan fingerprint density at radius 1 is 1.56 bits per heavy atom. The number of rotatable bonds is 8. The molecule has 2 atom stereocenters. The van der Waals surface area contributed by atoms with Crippen LogP contribution in [0.2, 0.25) is 0 Å². The van der Waals surface area contributed by atoms with Crippen LogP contribution in [0.15, 0.2) is 0 Å². The van der Waals surface area contributed by atoms with Gasteiger partial charge in [-0.2, -0.15) is 11.8 Å². The lowest BCUT2D eigenvalue weighted by molar-refractivity contribution is -0.121. The molecule has 1 rings (SSSR count). The van der Waals surface area contributed by atoms with Crippen molar-refractivity contribution in [3.8, 4) is 0 Å². The first-order chi connectivity index (χ1) is 8.22. The monoisotopic (exact) mass is 294 g/mol. The van der Waals surface area contributed by atoms with Crippen LogP contribution < -0.4 is 10.6 Å². The molecule has 108 valence electrons. The van der Waals surface area contributed by atoms with Crippen molar-refractivity contribution in [3.05, 3.63) is 0 Å². The Bertz CT molecular complexity index is 223. The summed E-state index contributed by atoms with van der Waals surface area (Å²) in [6.07, 6.45) is 4.04. The quantitative estimate of drug-likeness (QED) is 0.676. The Kier molecular flexibility index (Phi) is 11.0. The van der Waals surface area contributed by atoms with Crippen LogP contribution in [0.5, 0.6) is 0 Å². The van der Waals surface area contributed by atoms with Crippen molar-refractivity contribution in [3.63, 3.8) is 0 Å². The summed E-state index contributed by atoms with van der Waals surface area (Å²) >= 11 is 1.94. The van der Waals surface area contributed by atoms with Crippen LogP contribution in [0, 0.1) is 5.92 Å². The maximum Gasteiger partial charge on any atom is 0.220 e. The summed E-state index contributed by atoms with van der Waals surface area (Å²) in [5.74, 6) is 3.25. The average Bonchev–Trinajstić information content (AvgIpc) is 2.79. The molecule has 1 aliphatic heterocycles. The van der Waals surface area contributed by atoms with Crippen molar-refractivity contribution in [1.29, 1.82) is 0 Å². The molecule has 3 nitrogen and oxygen atoms in total. The highest BCUT2D eigenvalue weighted by Gasteiger charge is 2.16. The van der Waals surface area contributed by atoms with Gasteiger partial charge in [0.05, 0.1) is 0 Å². The lowest BCUT2D eigenvalue weighted by Gasteiger charge is -2.14. The number of carbonyl (C=O) groups excluding carboxylic acids is 1. The Balaban J connectivity index is 0.00000289. The van der Waals surface area contributed by atoms with Gasteiger partial charge in [-0.3, -0.25) is 4.79 Å². The van der Waals surface area contributed by atoms with Crippen LogP contribution in [0.1, 0.15) is 39.5 Å². The Morgan fingerprint density at radius 2 is 2.33 bits per heavy atom. The number of hydrogen-bond donors (Lipinski definition) is 2. The third-order valence-electron chi connectivity index (χ3n) is 3.25. The number of halogens is 1. The number of thioether (sulfide) groups is 1. The predicted octanol–water partition coefficient (Wildman–Crippen LogP) is 2.45. The van der Waals surface area contributed by atoms with E-state index in [1.165, 1.54) is 6.42 Å². The highest BCUT2D eigenvalue weighted by molar-refractivity contribution is 7.99. The van der Waals surface area contributed by atoms with Crippen molar-refractivity contribution < 1.29 is 4.79 Å². The molecular weight excluding hydrogens is 268 g/mol. The van der Waals surface area contributed by atoms with Gasteiger partial charge in [0.1, 0.15) is 0 Å². The van der Waals surface area contributed by atoms with E-state index in [1.807, 2.05) is 11.8 Å². The summed E-state index contributed by atoms with van der Waals surface area (Å²) in [6, 6.07) is 0.322. The zero-order valence-corrected chi connectivity index (χ0v) is 13.2. The predicted molar refractivity (Wildman–Crippen MR) is 82.7 cm³/mol. The largest absolute Gasteiger partial charge is 0.354 e. The summed E-state index contributed by atoms with van der Waals surface area (Å²) in [5, 5.41) is 6.43. The van der Waals surface area contributed by atoms with Crippen LogP contribution in [0.4, 0.5) is 0 Å². The zero-order valence-electron chi connectivity index (χ0n) is 11.5. The van der Waals surface area contributed by atoms with E-state index in [4.69, 9.17) is 0 Å². The zero-order chi connectivity index (χ0) is 12.5.